The van der Waals surface area contributed by atoms with Gasteiger partial charge >= 0.3 is 0 Å². The largest absolute Gasteiger partial charge is 0.370 e. The molecule has 17 atom stereocenters. The average molecular weight is 1110 g/mol. The Hall–Kier alpha value is -6.62. The fourth-order valence-electron chi connectivity index (χ4n) is 10.8. The molecule has 0 aromatic heterocycles. The van der Waals surface area contributed by atoms with Gasteiger partial charge in [0, 0.05) is 28.1 Å². The lowest BCUT2D eigenvalue weighted by Crippen LogP contribution is -2.67. The first-order valence-electron chi connectivity index (χ1n) is 27.1. The number of benzene rings is 6. The van der Waals surface area contributed by atoms with E-state index in [1.54, 1.807) is 7.11 Å². The molecule has 81 heavy (non-hydrogen) atoms. The van der Waals surface area contributed by atoms with Crippen LogP contribution in [-0.4, -0.2) is 119 Å². The molecule has 0 amide bonds. The smallest absolute Gasteiger partial charge is 0.186 e. The van der Waals surface area contributed by atoms with Crippen LogP contribution >= 0.6 is 0 Å². The Labute approximate surface area is 469 Å². The van der Waals surface area contributed by atoms with E-state index in [2.05, 4.69) is 20.1 Å². The monoisotopic (exact) mass is 1100 g/mol. The molecular weight excluding hydrogens is 1040 g/mol. The van der Waals surface area contributed by atoms with Crippen molar-refractivity contribution in [2.24, 2.45) is 10.2 Å². The zero-order valence-corrected chi connectivity index (χ0v) is 44.5. The van der Waals surface area contributed by atoms with Gasteiger partial charge in [0.1, 0.15) is 73.1 Å². The highest BCUT2D eigenvalue weighted by molar-refractivity contribution is 5.20. The van der Waals surface area contributed by atoms with Crippen LogP contribution in [0.5, 0.6) is 0 Å². The van der Waals surface area contributed by atoms with E-state index in [1.807, 2.05) is 182 Å². The van der Waals surface area contributed by atoms with Gasteiger partial charge in [0.25, 0.3) is 0 Å². The third-order valence-electron chi connectivity index (χ3n) is 14.8. The summed E-state index contributed by atoms with van der Waals surface area (Å²) in [6.07, 6.45) is -14.1. The SMILES string of the molecule is CO[C@H]1O[C@H](CO[C@@H]2O[C@@H]3CO[C@H](c4ccccc4)O[C@@H]3[C@H](O[C@H]3O[C@@H]4CO[C@H](c5ccccc5)O[C@@H]4[C@H](OCc4ccccc4)[C@H]3N=[N+]=[N-])[C@H]2N=[N+]=[N-])[C@@H](OCc2ccccc2)[C@H](OCc2ccccc2)[C@H]1OCc1ccccc1. The van der Waals surface area contributed by atoms with E-state index in [9.17, 15) is 11.1 Å². The van der Waals surface area contributed by atoms with Crippen molar-refractivity contribution in [1.82, 2.24) is 0 Å². The number of azide groups is 2. The zero-order valence-electron chi connectivity index (χ0n) is 44.5. The minimum Gasteiger partial charge on any atom is -0.370 e. The van der Waals surface area contributed by atoms with Crippen LogP contribution in [0.4, 0.5) is 0 Å². The van der Waals surface area contributed by atoms with Crippen molar-refractivity contribution >= 4 is 0 Å². The van der Waals surface area contributed by atoms with Crippen LogP contribution in [0.3, 0.4) is 0 Å². The highest BCUT2D eigenvalue weighted by Crippen LogP contribution is 2.42. The summed E-state index contributed by atoms with van der Waals surface area (Å²) >= 11 is 0. The van der Waals surface area contributed by atoms with Gasteiger partial charge in [-0.15, -0.1) is 0 Å². The second kappa shape index (κ2) is 27.9. The maximum Gasteiger partial charge on any atom is 0.186 e. The van der Waals surface area contributed by atoms with Crippen molar-refractivity contribution < 1.29 is 66.3 Å². The van der Waals surface area contributed by atoms with Gasteiger partial charge in [-0.1, -0.05) is 192 Å². The Balaban J connectivity index is 0.909. The number of rotatable bonds is 22. The summed E-state index contributed by atoms with van der Waals surface area (Å²) in [6, 6.07) is 55.5. The number of hydrogen-bond donors (Lipinski definition) is 0. The van der Waals surface area contributed by atoms with E-state index < -0.39 is 105 Å². The van der Waals surface area contributed by atoms with Crippen molar-refractivity contribution in [2.45, 2.75) is 131 Å². The summed E-state index contributed by atoms with van der Waals surface area (Å²) in [6.45, 7) is 0.651. The topological polar surface area (TPSA) is 227 Å². The molecule has 422 valence electrons. The first-order valence-corrected chi connectivity index (χ1v) is 27.1. The van der Waals surface area contributed by atoms with Crippen LogP contribution in [0.1, 0.15) is 46.0 Å². The molecule has 11 rings (SSSR count). The molecule has 5 aliphatic heterocycles. The number of hydrogen-bond acceptors (Lipinski definition) is 16. The lowest BCUT2D eigenvalue weighted by Gasteiger charge is -2.52. The summed E-state index contributed by atoms with van der Waals surface area (Å²) < 4.78 is 93.4. The maximum absolute atomic E-state index is 10.5. The molecule has 0 saturated carbocycles. The van der Waals surface area contributed by atoms with Crippen LogP contribution in [0.25, 0.3) is 20.9 Å². The van der Waals surface area contributed by atoms with Crippen molar-refractivity contribution in [3.05, 3.63) is 236 Å². The Morgan fingerprint density at radius 3 is 1.27 bits per heavy atom. The van der Waals surface area contributed by atoms with Gasteiger partial charge in [0.2, 0.25) is 0 Å². The number of nitrogens with zero attached hydrogens (tertiary/aromatic N) is 6. The van der Waals surface area contributed by atoms with E-state index in [0.717, 1.165) is 33.4 Å². The first kappa shape index (κ1) is 56.3. The molecule has 5 fully saturated rings. The van der Waals surface area contributed by atoms with Gasteiger partial charge in [0.15, 0.2) is 31.5 Å². The molecule has 0 aliphatic carbocycles. The second-order valence-corrected chi connectivity index (χ2v) is 20.1. The molecule has 5 saturated heterocycles. The third kappa shape index (κ3) is 13.8. The second-order valence-electron chi connectivity index (χ2n) is 20.1. The van der Waals surface area contributed by atoms with Gasteiger partial charge in [0.05, 0.1) is 46.2 Å². The van der Waals surface area contributed by atoms with Crippen LogP contribution < -0.4 is 0 Å². The molecular formula is C61H64N6O14. The minimum absolute atomic E-state index is 0.0125. The third-order valence-corrected chi connectivity index (χ3v) is 14.8. The van der Waals surface area contributed by atoms with Gasteiger partial charge in [-0.3, -0.25) is 0 Å². The summed E-state index contributed by atoms with van der Waals surface area (Å²) in [7, 11) is 1.54. The molecule has 20 heteroatoms. The van der Waals surface area contributed by atoms with Gasteiger partial charge in [-0.25, -0.2) is 0 Å². The Bertz CT molecular complexity index is 2960. The molecule has 5 heterocycles. The van der Waals surface area contributed by atoms with E-state index in [1.165, 1.54) is 0 Å². The molecule has 5 aliphatic rings. The minimum atomic E-state index is -1.35. The van der Waals surface area contributed by atoms with Crippen LogP contribution in [0.15, 0.2) is 192 Å². The first-order chi connectivity index (χ1) is 40.0. The van der Waals surface area contributed by atoms with Gasteiger partial charge in [-0.05, 0) is 33.3 Å². The molecule has 0 unspecified atom stereocenters. The lowest BCUT2D eigenvalue weighted by atomic mass is 9.93. The van der Waals surface area contributed by atoms with Crippen LogP contribution in [0, 0.1) is 0 Å². The van der Waals surface area contributed by atoms with Crippen molar-refractivity contribution in [2.75, 3.05) is 26.9 Å². The van der Waals surface area contributed by atoms with Crippen LogP contribution in [-0.2, 0) is 92.7 Å². The summed E-state index contributed by atoms with van der Waals surface area (Å²) in [5.41, 5.74) is 25.9. The lowest BCUT2D eigenvalue weighted by molar-refractivity contribution is -0.385. The zero-order chi connectivity index (χ0) is 55.2. The molecule has 0 bridgehead atoms. The number of ether oxygens (including phenoxy) is 14. The fourth-order valence-corrected chi connectivity index (χ4v) is 10.8. The predicted molar refractivity (Wildman–Crippen MR) is 290 cm³/mol. The summed E-state index contributed by atoms with van der Waals surface area (Å²) in [5.74, 6) is 0. The van der Waals surface area contributed by atoms with Gasteiger partial charge in [-0.2, -0.15) is 0 Å². The highest BCUT2D eigenvalue weighted by atomic mass is 16.8. The standard InChI is InChI=1S/C61H64N6O14/c1-68-61-56(72-35-42-26-14-5-15-27-42)55(71-34-41-24-12-4-13-25-41)50(69-32-39-20-8-2-9-21-39)45(78-61)36-75-59-49(65-67-63)54(52-47(76-59)38-74-58(80-52)44-30-18-7-19-31-44)81-60-48(64-66-62)53(70-33-40-22-10-3-11-23-40)51-46(77-60)37-73-57(79-51)43-28-16-6-17-29-43/h2-31,45-61H,32-38H2,1H3/t45-,46-,47-,48-,49-,50-,51+,52+,53-,54-,55+,56-,57+,58+,59-,60-,61+/m1/s1. The van der Waals surface area contributed by atoms with E-state index in [0.29, 0.717) is 0 Å². The normalized spacial score (nSPS) is 31.8. The fraction of sp³-hybridized carbons (Fsp3) is 0.410. The van der Waals surface area contributed by atoms with Gasteiger partial charge < -0.3 is 66.3 Å². The Morgan fingerprint density at radius 2 is 0.815 bits per heavy atom. The molecule has 6 aromatic rings. The summed E-state index contributed by atoms with van der Waals surface area (Å²) in [5, 5.41) is 8.63. The molecule has 0 radical (unpaired) electrons. The predicted octanol–water partition coefficient (Wildman–Crippen LogP) is 10.1. The number of methoxy groups -OCH3 is 1. The summed E-state index contributed by atoms with van der Waals surface area (Å²) in [4.78, 5) is 6.61. The van der Waals surface area contributed by atoms with E-state index >= 15 is 0 Å². The molecule has 6 aromatic carbocycles. The Kier molecular flexibility index (Phi) is 19.4. The van der Waals surface area contributed by atoms with E-state index in [4.69, 9.17) is 66.3 Å². The van der Waals surface area contributed by atoms with Crippen molar-refractivity contribution in [1.29, 1.82) is 0 Å². The van der Waals surface area contributed by atoms with Crippen molar-refractivity contribution in [3.63, 3.8) is 0 Å². The quantitative estimate of drug-likeness (QED) is 0.0350. The maximum atomic E-state index is 10.5. The van der Waals surface area contributed by atoms with Crippen LogP contribution in [0.2, 0.25) is 0 Å². The Morgan fingerprint density at radius 1 is 0.420 bits per heavy atom. The number of fused-ring (bicyclic) bond motifs is 2. The highest BCUT2D eigenvalue weighted by Gasteiger charge is 2.57. The average Bonchev–Trinajstić information content (AvgIpc) is 3.71. The molecule has 20 nitrogen and oxygen atoms in total. The van der Waals surface area contributed by atoms with Crippen molar-refractivity contribution in [3.8, 4) is 0 Å². The molecule has 0 spiro atoms. The van der Waals surface area contributed by atoms with E-state index in [-0.39, 0.29) is 46.2 Å². The molecule has 0 N–H and O–H groups in total.